The lowest BCUT2D eigenvalue weighted by molar-refractivity contribution is -0.126. The van der Waals surface area contributed by atoms with Crippen molar-refractivity contribution in [1.29, 1.82) is 0 Å². The number of benzene rings is 2. The molecule has 0 aromatic heterocycles. The summed E-state index contributed by atoms with van der Waals surface area (Å²) >= 11 is 0. The summed E-state index contributed by atoms with van der Waals surface area (Å²) < 4.78 is 39.8. The highest BCUT2D eigenvalue weighted by atomic mass is 32.2. The molecular weight excluding hydrogens is 445 g/mol. The van der Waals surface area contributed by atoms with Crippen molar-refractivity contribution in [2.24, 2.45) is 5.92 Å². The molecule has 1 aliphatic rings. The van der Waals surface area contributed by atoms with Crippen molar-refractivity contribution >= 4 is 21.8 Å². The first-order chi connectivity index (χ1) is 15.6. The highest BCUT2D eigenvalue weighted by Gasteiger charge is 2.28. The first kappa shape index (κ1) is 24.9. The van der Waals surface area contributed by atoms with Crippen molar-refractivity contribution < 1.29 is 22.4 Å². The van der Waals surface area contributed by atoms with Crippen molar-refractivity contribution in [2.75, 3.05) is 13.1 Å². The van der Waals surface area contributed by atoms with Crippen LogP contribution in [0.5, 0.6) is 0 Å². The van der Waals surface area contributed by atoms with Crippen LogP contribution >= 0.6 is 0 Å². The van der Waals surface area contributed by atoms with Gasteiger partial charge in [0.1, 0.15) is 5.82 Å². The van der Waals surface area contributed by atoms with Crippen LogP contribution in [0.1, 0.15) is 48.2 Å². The van der Waals surface area contributed by atoms with Crippen LogP contribution in [0.25, 0.3) is 0 Å². The summed E-state index contributed by atoms with van der Waals surface area (Å²) in [6.45, 7) is 4.75. The molecule has 2 N–H and O–H groups in total. The van der Waals surface area contributed by atoms with E-state index in [9.17, 15) is 22.4 Å². The first-order valence-corrected chi connectivity index (χ1v) is 12.7. The Bertz CT molecular complexity index is 1070. The third-order valence-corrected chi connectivity index (χ3v) is 6.98. The zero-order valence-electron chi connectivity index (χ0n) is 18.9. The van der Waals surface area contributed by atoms with Gasteiger partial charge in [0.25, 0.3) is 5.91 Å². The molecule has 2 amide bonds. The fraction of sp³-hybridized carbons (Fsp3) is 0.417. The number of halogens is 1. The van der Waals surface area contributed by atoms with E-state index in [1.807, 2.05) is 0 Å². The van der Waals surface area contributed by atoms with Crippen molar-refractivity contribution in [3.8, 4) is 0 Å². The van der Waals surface area contributed by atoms with E-state index in [4.69, 9.17) is 0 Å². The van der Waals surface area contributed by atoms with Gasteiger partial charge in [0.05, 0.1) is 11.7 Å². The summed E-state index contributed by atoms with van der Waals surface area (Å²) in [5.74, 6) is -1.14. The number of piperidine rings is 1. The van der Waals surface area contributed by atoms with Gasteiger partial charge in [-0.2, -0.15) is 0 Å². The van der Waals surface area contributed by atoms with Crippen molar-refractivity contribution in [1.82, 2.24) is 14.9 Å². The molecule has 1 heterocycles. The van der Waals surface area contributed by atoms with Gasteiger partial charge in [-0.05, 0) is 62.1 Å². The molecule has 0 aliphatic carbocycles. The maximum atomic E-state index is 13.1. The zero-order chi connectivity index (χ0) is 24.0. The van der Waals surface area contributed by atoms with E-state index in [1.54, 1.807) is 43.0 Å². The van der Waals surface area contributed by atoms with Crippen LogP contribution in [-0.4, -0.2) is 44.3 Å². The normalized spacial score (nSPS) is 16.6. The molecule has 0 bridgehead atoms. The second-order valence-corrected chi connectivity index (χ2v) is 10.4. The maximum absolute atomic E-state index is 13.1. The standard InChI is InChI=1S/C24H30FN3O4S/c1-17(2)27-33(31,32)16-19-7-5-18(6-8-19)14-26-23(29)21-4-3-13-28(15-21)24(30)20-9-11-22(25)12-10-20/h5-12,17,21,27H,3-4,13-16H2,1-2H3,(H,26,29). The number of amides is 2. The number of nitrogens with one attached hydrogen (secondary N) is 2. The zero-order valence-corrected chi connectivity index (χ0v) is 19.7. The Balaban J connectivity index is 1.51. The lowest BCUT2D eigenvalue weighted by Gasteiger charge is -2.32. The predicted molar refractivity (Wildman–Crippen MR) is 124 cm³/mol. The van der Waals surface area contributed by atoms with E-state index in [-0.39, 0.29) is 29.5 Å². The minimum Gasteiger partial charge on any atom is -0.352 e. The summed E-state index contributed by atoms with van der Waals surface area (Å²) in [5, 5.41) is 2.91. The molecule has 1 unspecified atom stereocenters. The number of carbonyl (C=O) groups is 2. The highest BCUT2D eigenvalue weighted by molar-refractivity contribution is 7.88. The Hall–Kier alpha value is -2.78. The Kier molecular flexibility index (Phi) is 8.20. The minimum absolute atomic E-state index is 0.0994. The molecule has 0 saturated carbocycles. The van der Waals surface area contributed by atoms with E-state index in [2.05, 4.69) is 10.0 Å². The van der Waals surface area contributed by atoms with Crippen LogP contribution in [0.3, 0.4) is 0 Å². The molecule has 0 radical (unpaired) electrons. The van der Waals surface area contributed by atoms with Crippen LogP contribution in [0, 0.1) is 11.7 Å². The quantitative estimate of drug-likeness (QED) is 0.614. The lowest BCUT2D eigenvalue weighted by Crippen LogP contribution is -2.45. The maximum Gasteiger partial charge on any atom is 0.253 e. The summed E-state index contributed by atoms with van der Waals surface area (Å²) in [6, 6.07) is 12.3. The molecule has 7 nitrogen and oxygen atoms in total. The van der Waals surface area contributed by atoms with E-state index >= 15 is 0 Å². The second kappa shape index (κ2) is 10.9. The number of likely N-dealkylation sites (tertiary alicyclic amines) is 1. The predicted octanol–water partition coefficient (Wildman–Crippen LogP) is 2.82. The molecule has 1 fully saturated rings. The van der Waals surface area contributed by atoms with Crippen LogP contribution in [-0.2, 0) is 27.1 Å². The molecule has 1 saturated heterocycles. The third-order valence-electron chi connectivity index (χ3n) is 5.43. The number of carbonyl (C=O) groups excluding carboxylic acids is 2. The van der Waals surface area contributed by atoms with Crippen molar-refractivity contribution in [3.05, 3.63) is 71.0 Å². The van der Waals surface area contributed by atoms with E-state index in [0.29, 0.717) is 37.2 Å². The largest absolute Gasteiger partial charge is 0.352 e. The molecule has 3 rings (SSSR count). The van der Waals surface area contributed by atoms with Gasteiger partial charge in [-0.25, -0.2) is 17.5 Å². The van der Waals surface area contributed by atoms with E-state index < -0.39 is 15.8 Å². The fourth-order valence-corrected chi connectivity index (χ4v) is 5.29. The molecular formula is C24H30FN3O4S. The van der Waals surface area contributed by atoms with Crippen LogP contribution < -0.4 is 10.0 Å². The number of sulfonamides is 1. The topological polar surface area (TPSA) is 95.6 Å². The Labute approximate surface area is 194 Å². The summed E-state index contributed by atoms with van der Waals surface area (Å²) in [6.07, 6.45) is 1.41. The van der Waals surface area contributed by atoms with Crippen molar-refractivity contribution in [3.63, 3.8) is 0 Å². The van der Waals surface area contributed by atoms with Crippen LogP contribution in [0.4, 0.5) is 4.39 Å². The third kappa shape index (κ3) is 7.36. The highest BCUT2D eigenvalue weighted by Crippen LogP contribution is 2.19. The van der Waals surface area contributed by atoms with E-state index in [0.717, 1.165) is 12.0 Å². The smallest absolute Gasteiger partial charge is 0.253 e. The molecule has 33 heavy (non-hydrogen) atoms. The van der Waals surface area contributed by atoms with Crippen LogP contribution in [0.2, 0.25) is 0 Å². The summed E-state index contributed by atoms with van der Waals surface area (Å²) in [5.41, 5.74) is 1.93. The van der Waals surface area contributed by atoms with Gasteiger partial charge in [0.2, 0.25) is 15.9 Å². The van der Waals surface area contributed by atoms with Gasteiger partial charge in [-0.15, -0.1) is 0 Å². The minimum atomic E-state index is -3.39. The summed E-state index contributed by atoms with van der Waals surface area (Å²) in [7, 11) is -3.39. The van der Waals surface area contributed by atoms with Gasteiger partial charge in [0.15, 0.2) is 0 Å². The average molecular weight is 476 g/mol. The molecule has 0 spiro atoms. The first-order valence-electron chi connectivity index (χ1n) is 11.0. The van der Waals surface area contributed by atoms with Gasteiger partial charge in [-0.1, -0.05) is 24.3 Å². The van der Waals surface area contributed by atoms with Crippen molar-refractivity contribution in [2.45, 2.75) is 45.0 Å². The number of hydrogen-bond donors (Lipinski definition) is 2. The van der Waals surface area contributed by atoms with Gasteiger partial charge < -0.3 is 10.2 Å². The van der Waals surface area contributed by atoms with Crippen LogP contribution in [0.15, 0.2) is 48.5 Å². The lowest BCUT2D eigenvalue weighted by atomic mass is 9.96. The number of rotatable bonds is 8. The summed E-state index contributed by atoms with van der Waals surface area (Å²) in [4.78, 5) is 27.0. The number of hydrogen-bond acceptors (Lipinski definition) is 4. The fourth-order valence-electron chi connectivity index (χ4n) is 3.86. The van der Waals surface area contributed by atoms with Gasteiger partial charge in [0, 0.05) is 31.2 Å². The Morgan fingerprint density at radius 3 is 2.33 bits per heavy atom. The van der Waals surface area contributed by atoms with E-state index in [1.165, 1.54) is 24.3 Å². The number of nitrogens with zero attached hydrogens (tertiary/aromatic N) is 1. The van der Waals surface area contributed by atoms with Gasteiger partial charge in [-0.3, -0.25) is 9.59 Å². The molecule has 1 atom stereocenters. The molecule has 1 aliphatic heterocycles. The molecule has 9 heteroatoms. The Morgan fingerprint density at radius 2 is 1.70 bits per heavy atom. The monoisotopic (exact) mass is 475 g/mol. The Morgan fingerprint density at radius 1 is 1.06 bits per heavy atom. The second-order valence-electron chi connectivity index (χ2n) is 8.66. The van der Waals surface area contributed by atoms with Gasteiger partial charge >= 0.3 is 0 Å². The SMILES string of the molecule is CC(C)NS(=O)(=O)Cc1ccc(CNC(=O)C2CCCN(C(=O)c3ccc(F)cc3)C2)cc1. The molecule has 2 aromatic carbocycles. The molecule has 2 aromatic rings. The molecule has 178 valence electrons. The average Bonchev–Trinajstić information content (AvgIpc) is 2.77.